The predicted molar refractivity (Wildman–Crippen MR) is 79.9 cm³/mol. The van der Waals surface area contributed by atoms with Gasteiger partial charge in [-0.15, -0.1) is 0 Å². The van der Waals surface area contributed by atoms with Crippen LogP contribution in [0, 0.1) is 0 Å². The van der Waals surface area contributed by atoms with Crippen molar-refractivity contribution in [2.75, 3.05) is 6.54 Å². The van der Waals surface area contributed by atoms with Crippen molar-refractivity contribution in [1.29, 1.82) is 0 Å². The van der Waals surface area contributed by atoms with Crippen LogP contribution in [0.3, 0.4) is 0 Å². The van der Waals surface area contributed by atoms with Crippen molar-refractivity contribution in [2.45, 2.75) is 31.2 Å². The van der Waals surface area contributed by atoms with Crippen LogP contribution in [0.1, 0.15) is 36.0 Å². The molecule has 0 unspecified atom stereocenters. The van der Waals surface area contributed by atoms with Crippen molar-refractivity contribution in [3.63, 3.8) is 0 Å². The maximum absolute atomic E-state index is 12.5. The van der Waals surface area contributed by atoms with Crippen molar-refractivity contribution in [1.82, 2.24) is 10.2 Å². The number of carbonyl (C=O) groups excluding carboxylic acids is 3. The highest BCUT2D eigenvalue weighted by Crippen LogP contribution is 2.35. The number of amides is 3. The average Bonchev–Trinajstić information content (AvgIpc) is 3.01. The Balaban J connectivity index is 1.79. The first kappa shape index (κ1) is 14.3. The molecule has 2 fully saturated rings. The Kier molecular flexibility index (Phi) is 3.57. The molecule has 1 N–H and O–H groups in total. The lowest BCUT2D eigenvalue weighted by molar-refractivity contribution is -0.130. The molecule has 1 aliphatic carbocycles. The van der Waals surface area contributed by atoms with E-state index < -0.39 is 11.6 Å². The minimum Gasteiger partial charge on any atom is -0.323 e. The first-order valence-corrected chi connectivity index (χ1v) is 7.75. The van der Waals surface area contributed by atoms with E-state index in [0.29, 0.717) is 22.9 Å². The number of nitrogens with one attached hydrogen (secondary N) is 1. The zero-order valence-electron chi connectivity index (χ0n) is 11.4. The van der Waals surface area contributed by atoms with E-state index in [9.17, 15) is 14.4 Å². The van der Waals surface area contributed by atoms with Gasteiger partial charge in [-0.1, -0.05) is 47.0 Å². The minimum absolute atomic E-state index is 0.213. The summed E-state index contributed by atoms with van der Waals surface area (Å²) in [6.07, 6.45) is 3.19. The summed E-state index contributed by atoms with van der Waals surface area (Å²) in [7, 11) is 0. The Bertz CT molecular complexity index is 623. The summed E-state index contributed by atoms with van der Waals surface area (Å²) < 4.78 is 0.664. The van der Waals surface area contributed by atoms with E-state index in [1.54, 1.807) is 18.2 Å². The van der Waals surface area contributed by atoms with Gasteiger partial charge in [0.1, 0.15) is 5.54 Å². The lowest BCUT2D eigenvalue weighted by Gasteiger charge is -2.19. The zero-order chi connectivity index (χ0) is 15.0. The highest BCUT2D eigenvalue weighted by Gasteiger charge is 2.52. The standard InChI is InChI=1S/C15H15BrN2O3/c16-11-6-2-1-5-10(11)12(19)9-18-13(20)15(17-14(18)21)7-3-4-8-15/h1-2,5-6H,3-4,7-9H2,(H,17,21). The van der Waals surface area contributed by atoms with Gasteiger partial charge in [0.05, 0.1) is 6.54 Å². The molecule has 5 nitrogen and oxygen atoms in total. The van der Waals surface area contributed by atoms with Gasteiger partial charge in [-0.2, -0.15) is 0 Å². The van der Waals surface area contributed by atoms with Crippen LogP contribution in [0.15, 0.2) is 28.7 Å². The Morgan fingerprint density at radius 2 is 1.90 bits per heavy atom. The molecule has 6 heteroatoms. The molecule has 2 aliphatic rings. The van der Waals surface area contributed by atoms with E-state index in [1.807, 2.05) is 6.07 Å². The van der Waals surface area contributed by atoms with Crippen LogP contribution in [0.4, 0.5) is 4.79 Å². The molecule has 3 rings (SSSR count). The van der Waals surface area contributed by atoms with Crippen molar-refractivity contribution in [3.8, 4) is 0 Å². The Labute approximate surface area is 130 Å². The number of halogens is 1. The van der Waals surface area contributed by atoms with Crippen LogP contribution in [0.25, 0.3) is 0 Å². The van der Waals surface area contributed by atoms with Gasteiger partial charge < -0.3 is 5.32 Å². The fraction of sp³-hybridized carbons (Fsp3) is 0.400. The summed E-state index contributed by atoms with van der Waals surface area (Å²) in [4.78, 5) is 37.9. The maximum Gasteiger partial charge on any atom is 0.325 e. The highest BCUT2D eigenvalue weighted by atomic mass is 79.9. The summed E-state index contributed by atoms with van der Waals surface area (Å²) in [5.41, 5.74) is -0.281. The van der Waals surface area contributed by atoms with Crippen LogP contribution < -0.4 is 5.32 Å². The van der Waals surface area contributed by atoms with Crippen molar-refractivity contribution < 1.29 is 14.4 Å². The number of rotatable bonds is 3. The SMILES string of the molecule is O=C(CN1C(=O)NC2(CCCC2)C1=O)c1ccccc1Br. The largest absolute Gasteiger partial charge is 0.325 e. The number of Topliss-reactive ketones (excluding diaryl/α,β-unsaturated/α-hetero) is 1. The summed E-state index contributed by atoms with van der Waals surface area (Å²) in [5.74, 6) is -0.508. The van der Waals surface area contributed by atoms with Crippen LogP contribution in [0.2, 0.25) is 0 Å². The van der Waals surface area contributed by atoms with E-state index in [2.05, 4.69) is 21.2 Å². The van der Waals surface area contributed by atoms with Gasteiger partial charge >= 0.3 is 6.03 Å². The van der Waals surface area contributed by atoms with Crippen LogP contribution >= 0.6 is 15.9 Å². The summed E-state index contributed by atoms with van der Waals surface area (Å²) in [6, 6.07) is 6.54. The maximum atomic E-state index is 12.5. The third-order valence-corrected chi connectivity index (χ3v) is 4.87. The lowest BCUT2D eigenvalue weighted by atomic mass is 9.98. The topological polar surface area (TPSA) is 66.5 Å². The average molecular weight is 351 g/mol. The van der Waals surface area contributed by atoms with E-state index >= 15 is 0 Å². The Morgan fingerprint density at radius 1 is 1.24 bits per heavy atom. The number of carbonyl (C=O) groups is 3. The lowest BCUT2D eigenvalue weighted by Crippen LogP contribution is -2.44. The molecule has 1 saturated carbocycles. The molecule has 0 radical (unpaired) electrons. The summed E-state index contributed by atoms with van der Waals surface area (Å²) in [6.45, 7) is -0.213. The van der Waals surface area contributed by atoms with Crippen molar-refractivity contribution in [2.24, 2.45) is 0 Å². The van der Waals surface area contributed by atoms with Crippen molar-refractivity contribution in [3.05, 3.63) is 34.3 Å². The molecule has 0 atom stereocenters. The number of imide groups is 1. The van der Waals surface area contributed by atoms with Gasteiger partial charge in [-0.3, -0.25) is 14.5 Å². The van der Waals surface area contributed by atoms with E-state index in [4.69, 9.17) is 0 Å². The van der Waals surface area contributed by atoms with Gasteiger partial charge in [0.15, 0.2) is 5.78 Å². The first-order chi connectivity index (χ1) is 10.0. The Morgan fingerprint density at radius 3 is 2.57 bits per heavy atom. The van der Waals surface area contributed by atoms with Gasteiger partial charge in [0.2, 0.25) is 0 Å². The van der Waals surface area contributed by atoms with Gasteiger partial charge in [0, 0.05) is 10.0 Å². The quantitative estimate of drug-likeness (QED) is 0.672. The summed E-state index contributed by atoms with van der Waals surface area (Å²) >= 11 is 3.31. The number of hydrogen-bond acceptors (Lipinski definition) is 3. The molecule has 1 heterocycles. The molecular formula is C15H15BrN2O3. The molecule has 0 aromatic heterocycles. The second kappa shape index (κ2) is 5.26. The van der Waals surface area contributed by atoms with Crippen LogP contribution in [-0.2, 0) is 4.79 Å². The molecule has 1 aromatic carbocycles. The third-order valence-electron chi connectivity index (χ3n) is 4.18. The fourth-order valence-corrected chi connectivity index (χ4v) is 3.56. The smallest absolute Gasteiger partial charge is 0.323 e. The molecule has 1 spiro atoms. The normalized spacial score (nSPS) is 20.1. The number of nitrogens with zero attached hydrogens (tertiary/aromatic N) is 1. The van der Waals surface area contributed by atoms with E-state index in [-0.39, 0.29) is 18.2 Å². The molecule has 21 heavy (non-hydrogen) atoms. The number of urea groups is 1. The number of benzene rings is 1. The molecule has 1 aliphatic heterocycles. The molecular weight excluding hydrogens is 336 g/mol. The first-order valence-electron chi connectivity index (χ1n) is 6.95. The zero-order valence-corrected chi connectivity index (χ0v) is 13.0. The molecule has 0 bridgehead atoms. The van der Waals surface area contributed by atoms with Gasteiger partial charge in [-0.25, -0.2) is 4.79 Å². The van der Waals surface area contributed by atoms with E-state index in [1.165, 1.54) is 0 Å². The minimum atomic E-state index is -0.759. The predicted octanol–water partition coefficient (Wildman–Crippen LogP) is 2.50. The second-order valence-corrected chi connectivity index (χ2v) is 6.37. The van der Waals surface area contributed by atoms with Gasteiger partial charge in [-0.05, 0) is 18.9 Å². The van der Waals surface area contributed by atoms with Crippen LogP contribution in [-0.4, -0.2) is 34.7 Å². The van der Waals surface area contributed by atoms with Crippen molar-refractivity contribution >= 4 is 33.7 Å². The molecule has 110 valence electrons. The van der Waals surface area contributed by atoms with E-state index in [0.717, 1.165) is 17.7 Å². The summed E-state index contributed by atoms with van der Waals surface area (Å²) in [5, 5.41) is 2.77. The monoisotopic (exact) mass is 350 g/mol. The second-order valence-electron chi connectivity index (χ2n) is 5.51. The van der Waals surface area contributed by atoms with Gasteiger partial charge in [0.25, 0.3) is 5.91 Å². The molecule has 1 saturated heterocycles. The van der Waals surface area contributed by atoms with Crippen LogP contribution in [0.5, 0.6) is 0 Å². The molecule has 3 amide bonds. The number of hydrogen-bond donors (Lipinski definition) is 1. The third kappa shape index (κ3) is 2.37. The molecule has 1 aromatic rings. The number of ketones is 1. The fourth-order valence-electron chi connectivity index (χ4n) is 3.05. The Hall–Kier alpha value is -1.69. The highest BCUT2D eigenvalue weighted by molar-refractivity contribution is 9.10.